The first kappa shape index (κ1) is 24.9. The van der Waals surface area contributed by atoms with Gasteiger partial charge in [0.15, 0.2) is 0 Å². The summed E-state index contributed by atoms with van der Waals surface area (Å²) in [5, 5.41) is 1.83. The van der Waals surface area contributed by atoms with Gasteiger partial charge in [0.25, 0.3) is 20.2 Å². The Kier molecular flexibility index (Phi) is 6.68. The second-order valence-corrected chi connectivity index (χ2v) is 12.1. The monoisotopic (exact) mass is 516 g/mol. The molecule has 0 heterocycles. The van der Waals surface area contributed by atoms with Crippen LogP contribution >= 0.6 is 0 Å². The Morgan fingerprint density at radius 2 is 1.30 bits per heavy atom. The Labute approximate surface area is 191 Å². The Hall–Kier alpha value is -2.78. The van der Waals surface area contributed by atoms with E-state index in [1.165, 1.54) is 43.3 Å². The van der Waals surface area contributed by atoms with E-state index in [2.05, 4.69) is 10.0 Å². The molecule has 1 saturated carbocycles. The summed E-state index contributed by atoms with van der Waals surface area (Å²) in [7, 11) is -13.2. The number of anilines is 2. The van der Waals surface area contributed by atoms with Crippen molar-refractivity contribution in [2.24, 2.45) is 0 Å². The van der Waals surface area contributed by atoms with E-state index in [1.54, 1.807) is 0 Å². The molecule has 2 aromatic carbocycles. The van der Waals surface area contributed by atoms with Crippen LogP contribution in [-0.2, 0) is 35.1 Å². The molecule has 14 heteroatoms. The predicted molar refractivity (Wildman–Crippen MR) is 121 cm³/mol. The normalized spacial score (nSPS) is 14.9. The molecule has 0 aliphatic heterocycles. The van der Waals surface area contributed by atoms with E-state index in [0.717, 1.165) is 12.1 Å². The molecule has 0 aromatic heterocycles. The van der Waals surface area contributed by atoms with Crippen LogP contribution < -0.4 is 10.0 Å². The average Bonchev–Trinajstić information content (AvgIpc) is 3.51. The molecule has 1 aliphatic carbocycles. The van der Waals surface area contributed by atoms with Crippen molar-refractivity contribution in [3.05, 3.63) is 47.5 Å². The summed E-state index contributed by atoms with van der Waals surface area (Å²) in [5.74, 6) is -0.463. The lowest BCUT2D eigenvalue weighted by atomic mass is 10.1. The van der Waals surface area contributed by atoms with Crippen molar-refractivity contribution in [1.82, 2.24) is 0 Å². The predicted octanol–water partition coefficient (Wildman–Crippen LogP) is 2.21. The number of nitrogens with one attached hydrogen (secondary N) is 2. The number of hydrogen-bond donors (Lipinski definition) is 4. The Bertz CT molecular complexity index is 1460. The molecular weight excluding hydrogens is 496 g/mol. The summed E-state index contributed by atoms with van der Waals surface area (Å²) in [5.41, 5.74) is -0.0614. The molecule has 11 nitrogen and oxygen atoms in total. The average molecular weight is 517 g/mol. The largest absolute Gasteiger partial charge is 0.326 e. The standard InChI is InChI=1S/C19H20N2O9S3/c1-12(22)20-15-6-4-13(18(10-15)32(25,26)27)2-3-14-5-7-16(11-19(14)33(28,29)30)21-31(23,24)17-8-9-17/h2-7,10-11,17,21H,8-9H2,1H3,(H,20,22)(H,25,26,27)(H,28,29,30)/b3-2+. The van der Waals surface area contributed by atoms with Crippen molar-refractivity contribution < 1.29 is 39.2 Å². The third-order valence-electron chi connectivity index (χ3n) is 4.57. The summed E-state index contributed by atoms with van der Waals surface area (Å²) in [6, 6.07) is 7.13. The van der Waals surface area contributed by atoms with Crippen molar-refractivity contribution in [2.45, 2.75) is 34.8 Å². The minimum absolute atomic E-state index is 0.0357. The van der Waals surface area contributed by atoms with Crippen molar-refractivity contribution in [2.75, 3.05) is 10.0 Å². The zero-order valence-corrected chi connectivity index (χ0v) is 19.5. The summed E-state index contributed by atoms with van der Waals surface area (Å²) in [6.45, 7) is 1.21. The quantitative estimate of drug-likeness (QED) is 0.302. The van der Waals surface area contributed by atoms with Crippen molar-refractivity contribution in [3.8, 4) is 0 Å². The lowest BCUT2D eigenvalue weighted by Crippen LogP contribution is -2.17. The third kappa shape index (κ3) is 6.39. The minimum atomic E-state index is -4.78. The summed E-state index contributed by atoms with van der Waals surface area (Å²) < 4.78 is 92.9. The minimum Gasteiger partial charge on any atom is -0.326 e. The van der Waals surface area contributed by atoms with Gasteiger partial charge in [-0.15, -0.1) is 0 Å². The van der Waals surface area contributed by atoms with Crippen LogP contribution in [-0.4, -0.2) is 45.5 Å². The van der Waals surface area contributed by atoms with Gasteiger partial charge in [0.2, 0.25) is 15.9 Å². The molecule has 0 spiro atoms. The highest BCUT2D eigenvalue weighted by Crippen LogP contribution is 2.31. The Balaban J connectivity index is 2.02. The van der Waals surface area contributed by atoms with E-state index in [-0.39, 0.29) is 22.5 Å². The first-order valence-corrected chi connectivity index (χ1v) is 13.8. The zero-order chi connectivity index (χ0) is 24.6. The maximum absolute atomic E-state index is 12.1. The maximum atomic E-state index is 12.1. The molecular formula is C19H20N2O9S3. The summed E-state index contributed by atoms with van der Waals surface area (Å²) >= 11 is 0. The molecule has 0 atom stereocenters. The molecule has 4 N–H and O–H groups in total. The number of carbonyl (C=O) groups is 1. The molecule has 3 rings (SSSR count). The molecule has 0 radical (unpaired) electrons. The van der Waals surface area contributed by atoms with Gasteiger partial charge in [0.05, 0.1) is 5.25 Å². The first-order chi connectivity index (χ1) is 15.2. The molecule has 0 unspecified atom stereocenters. The van der Waals surface area contributed by atoms with Gasteiger partial charge in [0.1, 0.15) is 9.79 Å². The van der Waals surface area contributed by atoms with Gasteiger partial charge in [-0.25, -0.2) is 8.42 Å². The van der Waals surface area contributed by atoms with E-state index in [0.29, 0.717) is 12.8 Å². The molecule has 0 saturated heterocycles. The van der Waals surface area contributed by atoms with Crippen molar-refractivity contribution in [3.63, 3.8) is 0 Å². The molecule has 33 heavy (non-hydrogen) atoms. The number of benzene rings is 2. The van der Waals surface area contributed by atoms with Crippen LogP contribution in [0.3, 0.4) is 0 Å². The zero-order valence-electron chi connectivity index (χ0n) is 17.1. The van der Waals surface area contributed by atoms with Crippen LogP contribution in [0, 0.1) is 0 Å². The lowest BCUT2D eigenvalue weighted by molar-refractivity contribution is -0.114. The number of rotatable bonds is 8. The molecule has 2 aromatic rings. The van der Waals surface area contributed by atoms with Crippen LogP contribution in [0.5, 0.6) is 0 Å². The number of carbonyl (C=O) groups excluding carboxylic acids is 1. The highest BCUT2D eigenvalue weighted by molar-refractivity contribution is 7.93. The Morgan fingerprint density at radius 1 is 0.848 bits per heavy atom. The fourth-order valence-electron chi connectivity index (χ4n) is 2.94. The highest BCUT2D eigenvalue weighted by atomic mass is 32.2. The van der Waals surface area contributed by atoms with E-state index in [4.69, 9.17) is 0 Å². The second-order valence-electron chi connectivity index (χ2n) is 7.32. The van der Waals surface area contributed by atoms with E-state index in [1.807, 2.05) is 0 Å². The summed E-state index contributed by atoms with van der Waals surface area (Å²) in [4.78, 5) is 10.0. The van der Waals surface area contributed by atoms with Gasteiger partial charge in [-0.2, -0.15) is 16.8 Å². The molecule has 1 aliphatic rings. The van der Waals surface area contributed by atoms with Gasteiger partial charge in [-0.1, -0.05) is 24.3 Å². The van der Waals surface area contributed by atoms with E-state index >= 15 is 0 Å². The first-order valence-electron chi connectivity index (χ1n) is 9.37. The van der Waals surface area contributed by atoms with Gasteiger partial charge in [-0.3, -0.25) is 18.6 Å². The molecule has 0 bridgehead atoms. The number of hydrogen-bond acceptors (Lipinski definition) is 7. The fraction of sp³-hybridized carbons (Fsp3) is 0.211. The molecule has 1 amide bonds. The van der Waals surface area contributed by atoms with Gasteiger partial charge in [-0.05, 0) is 48.2 Å². The topological polar surface area (TPSA) is 184 Å². The smallest absolute Gasteiger partial charge is 0.295 e. The molecule has 178 valence electrons. The van der Waals surface area contributed by atoms with E-state index in [9.17, 15) is 39.2 Å². The number of amides is 1. The second kappa shape index (κ2) is 8.87. The van der Waals surface area contributed by atoms with Crippen LogP contribution in [0.15, 0.2) is 46.2 Å². The van der Waals surface area contributed by atoms with Crippen LogP contribution in [0.1, 0.15) is 30.9 Å². The number of sulfonamides is 1. The van der Waals surface area contributed by atoms with Gasteiger partial charge < -0.3 is 5.32 Å². The van der Waals surface area contributed by atoms with Crippen LogP contribution in [0.25, 0.3) is 12.2 Å². The van der Waals surface area contributed by atoms with Crippen LogP contribution in [0.2, 0.25) is 0 Å². The van der Waals surface area contributed by atoms with Crippen LogP contribution in [0.4, 0.5) is 11.4 Å². The molecule has 1 fully saturated rings. The van der Waals surface area contributed by atoms with E-state index < -0.39 is 51.2 Å². The maximum Gasteiger partial charge on any atom is 0.295 e. The lowest BCUT2D eigenvalue weighted by Gasteiger charge is -2.10. The summed E-state index contributed by atoms with van der Waals surface area (Å²) in [6.07, 6.45) is 3.35. The van der Waals surface area contributed by atoms with Crippen molar-refractivity contribution >= 4 is 59.7 Å². The SMILES string of the molecule is CC(=O)Nc1ccc(/C=C/c2ccc(NS(=O)(=O)C3CC3)cc2S(=O)(=O)O)c(S(=O)(=O)O)c1. The van der Waals surface area contributed by atoms with Crippen molar-refractivity contribution in [1.29, 1.82) is 0 Å². The van der Waals surface area contributed by atoms with Gasteiger partial charge >= 0.3 is 0 Å². The fourth-order valence-corrected chi connectivity index (χ4v) is 5.74. The Morgan fingerprint density at radius 3 is 1.73 bits per heavy atom. The highest BCUT2D eigenvalue weighted by Gasteiger charge is 2.35. The third-order valence-corrected chi connectivity index (χ3v) is 8.26. The van der Waals surface area contributed by atoms with Gasteiger partial charge in [0, 0.05) is 18.3 Å².